The van der Waals surface area contributed by atoms with Crippen LogP contribution in [0, 0.1) is 11.8 Å². The Kier molecular flexibility index (Phi) is 4.96. The van der Waals surface area contributed by atoms with Gasteiger partial charge in [-0.1, -0.05) is 17.9 Å². The summed E-state index contributed by atoms with van der Waals surface area (Å²) >= 11 is 2.64. The Labute approximate surface area is 126 Å². The van der Waals surface area contributed by atoms with E-state index in [1.165, 1.54) is 27.0 Å². The number of aliphatic hydroxyl groups is 1. The molecular formula is C13H13NO3S3. The number of hydrogen-bond acceptors (Lipinski definition) is 5. The van der Waals surface area contributed by atoms with Gasteiger partial charge in [0.05, 0.1) is 4.88 Å². The summed E-state index contributed by atoms with van der Waals surface area (Å²) in [5, 5.41) is 12.3. The molecule has 7 heteroatoms. The van der Waals surface area contributed by atoms with Gasteiger partial charge < -0.3 is 5.11 Å². The van der Waals surface area contributed by atoms with Crippen LogP contribution in [0.15, 0.2) is 33.2 Å². The van der Waals surface area contributed by atoms with Gasteiger partial charge in [-0.15, -0.1) is 22.7 Å². The van der Waals surface area contributed by atoms with E-state index in [0.717, 1.165) is 10.4 Å². The van der Waals surface area contributed by atoms with Crippen LogP contribution in [-0.2, 0) is 16.6 Å². The van der Waals surface area contributed by atoms with Crippen LogP contribution in [0.3, 0.4) is 0 Å². The van der Waals surface area contributed by atoms with Crippen LogP contribution in [0.4, 0.5) is 0 Å². The van der Waals surface area contributed by atoms with E-state index in [1.807, 2.05) is 11.4 Å². The van der Waals surface area contributed by atoms with Crippen LogP contribution >= 0.6 is 22.7 Å². The summed E-state index contributed by atoms with van der Waals surface area (Å²) in [5.41, 5.74) is 0.889. The first-order chi connectivity index (χ1) is 9.54. The van der Waals surface area contributed by atoms with Gasteiger partial charge in [-0.05, 0) is 28.5 Å². The molecule has 0 aliphatic heterocycles. The fourth-order valence-corrected chi connectivity index (χ4v) is 4.69. The third kappa shape index (κ3) is 3.48. The van der Waals surface area contributed by atoms with Crippen molar-refractivity contribution in [3.05, 3.63) is 39.4 Å². The second-order valence-electron chi connectivity index (χ2n) is 3.97. The summed E-state index contributed by atoms with van der Waals surface area (Å²) < 4.78 is 26.2. The molecule has 0 aliphatic rings. The summed E-state index contributed by atoms with van der Waals surface area (Å²) in [7, 11) is -1.86. The van der Waals surface area contributed by atoms with E-state index in [0.29, 0.717) is 10.8 Å². The van der Waals surface area contributed by atoms with Crippen LogP contribution in [0.2, 0.25) is 0 Å². The van der Waals surface area contributed by atoms with E-state index in [9.17, 15) is 8.42 Å². The zero-order chi connectivity index (χ0) is 14.6. The highest BCUT2D eigenvalue weighted by atomic mass is 32.2. The largest absolute Gasteiger partial charge is 0.384 e. The molecule has 2 heterocycles. The van der Waals surface area contributed by atoms with Crippen molar-refractivity contribution in [1.29, 1.82) is 0 Å². The fraction of sp³-hybridized carbons (Fsp3) is 0.231. The third-order valence-corrected chi connectivity index (χ3v) is 6.58. The van der Waals surface area contributed by atoms with E-state index in [-0.39, 0.29) is 6.61 Å². The molecule has 0 amide bonds. The molecule has 4 nitrogen and oxygen atoms in total. The average Bonchev–Trinajstić information content (AvgIpc) is 3.07. The predicted octanol–water partition coefficient (Wildman–Crippen LogP) is 1.97. The van der Waals surface area contributed by atoms with Gasteiger partial charge in [0.25, 0.3) is 10.0 Å². The molecule has 0 atom stereocenters. The van der Waals surface area contributed by atoms with Gasteiger partial charge in [0.15, 0.2) is 0 Å². The maximum atomic E-state index is 12.3. The number of nitrogens with zero attached hydrogens (tertiary/aromatic N) is 1. The quantitative estimate of drug-likeness (QED) is 0.874. The molecule has 2 rings (SSSR count). The number of hydrogen-bond donors (Lipinski definition) is 1. The van der Waals surface area contributed by atoms with Crippen molar-refractivity contribution in [2.75, 3.05) is 13.7 Å². The standard InChI is InChI=1S/C13H13NO3S3/c1-14(20(16,17)13-5-3-7-18-13)9-11-8-12(19-10-11)4-2-6-15/h3,5,7-8,10,15H,6,9H2,1H3. The van der Waals surface area contributed by atoms with Crippen LogP contribution in [0.1, 0.15) is 10.4 Å². The molecular weight excluding hydrogens is 314 g/mol. The van der Waals surface area contributed by atoms with E-state index in [1.54, 1.807) is 24.6 Å². The first-order valence-electron chi connectivity index (χ1n) is 5.71. The number of rotatable bonds is 4. The van der Waals surface area contributed by atoms with Crippen LogP contribution in [-0.4, -0.2) is 31.5 Å². The normalized spacial score (nSPS) is 11.3. The first kappa shape index (κ1) is 15.2. The molecule has 0 spiro atoms. The average molecular weight is 327 g/mol. The molecule has 0 saturated carbocycles. The van der Waals surface area contributed by atoms with Crippen molar-refractivity contribution in [2.24, 2.45) is 0 Å². The van der Waals surface area contributed by atoms with Crippen molar-refractivity contribution in [3.63, 3.8) is 0 Å². The Morgan fingerprint density at radius 3 is 2.85 bits per heavy atom. The zero-order valence-corrected chi connectivity index (χ0v) is 13.2. The molecule has 0 unspecified atom stereocenters. The van der Waals surface area contributed by atoms with E-state index in [2.05, 4.69) is 11.8 Å². The highest BCUT2D eigenvalue weighted by Gasteiger charge is 2.21. The minimum atomic E-state index is -3.42. The SMILES string of the molecule is CN(Cc1csc(C#CCO)c1)S(=O)(=O)c1cccs1. The van der Waals surface area contributed by atoms with E-state index >= 15 is 0 Å². The fourth-order valence-electron chi connectivity index (χ4n) is 1.56. The Bertz CT molecular complexity index is 720. The monoisotopic (exact) mass is 327 g/mol. The Morgan fingerprint density at radius 1 is 1.40 bits per heavy atom. The molecule has 0 fully saturated rings. The van der Waals surface area contributed by atoms with E-state index in [4.69, 9.17) is 5.11 Å². The van der Waals surface area contributed by atoms with Crippen molar-refractivity contribution in [3.8, 4) is 11.8 Å². The van der Waals surface area contributed by atoms with Gasteiger partial charge in [0.1, 0.15) is 10.8 Å². The van der Waals surface area contributed by atoms with Gasteiger partial charge in [-0.2, -0.15) is 4.31 Å². The highest BCUT2D eigenvalue weighted by Crippen LogP contribution is 2.22. The molecule has 0 aliphatic carbocycles. The van der Waals surface area contributed by atoms with Crippen molar-refractivity contribution in [1.82, 2.24) is 4.31 Å². The molecule has 0 bridgehead atoms. The number of thiophene rings is 2. The lowest BCUT2D eigenvalue weighted by Crippen LogP contribution is -2.25. The summed E-state index contributed by atoms with van der Waals surface area (Å²) in [6.45, 7) is 0.122. The smallest absolute Gasteiger partial charge is 0.252 e. The van der Waals surface area contributed by atoms with Gasteiger partial charge in [0, 0.05) is 13.6 Å². The third-order valence-electron chi connectivity index (χ3n) is 2.51. The lowest BCUT2D eigenvalue weighted by molar-refractivity contribution is 0.350. The molecule has 2 aromatic rings. The lowest BCUT2D eigenvalue weighted by Gasteiger charge is -2.14. The maximum Gasteiger partial charge on any atom is 0.252 e. The van der Waals surface area contributed by atoms with Gasteiger partial charge in [0.2, 0.25) is 0 Å². The molecule has 2 aromatic heterocycles. The van der Waals surface area contributed by atoms with Crippen LogP contribution < -0.4 is 0 Å². The molecule has 0 radical (unpaired) electrons. The Morgan fingerprint density at radius 2 is 2.20 bits per heavy atom. The second kappa shape index (κ2) is 6.52. The van der Waals surface area contributed by atoms with Gasteiger partial charge >= 0.3 is 0 Å². The van der Waals surface area contributed by atoms with Crippen LogP contribution in [0.25, 0.3) is 0 Å². The maximum absolute atomic E-state index is 12.3. The molecule has 20 heavy (non-hydrogen) atoms. The minimum absolute atomic E-state index is 0.181. The summed E-state index contributed by atoms with van der Waals surface area (Å²) in [6.07, 6.45) is 0. The second-order valence-corrected chi connectivity index (χ2v) is 8.10. The summed E-state index contributed by atoms with van der Waals surface area (Å²) in [4.78, 5) is 0.816. The zero-order valence-electron chi connectivity index (χ0n) is 10.7. The van der Waals surface area contributed by atoms with E-state index < -0.39 is 10.0 Å². The van der Waals surface area contributed by atoms with Gasteiger partial charge in [-0.3, -0.25) is 0 Å². The summed E-state index contributed by atoms with van der Waals surface area (Å²) in [5.74, 6) is 5.38. The Balaban J connectivity index is 2.12. The predicted molar refractivity (Wildman–Crippen MR) is 81.3 cm³/mol. The van der Waals surface area contributed by atoms with Crippen molar-refractivity contribution >= 4 is 32.7 Å². The molecule has 1 N–H and O–H groups in total. The van der Waals surface area contributed by atoms with Crippen LogP contribution in [0.5, 0.6) is 0 Å². The Hall–Kier alpha value is -1.17. The lowest BCUT2D eigenvalue weighted by atomic mass is 10.3. The topological polar surface area (TPSA) is 57.6 Å². The highest BCUT2D eigenvalue weighted by molar-refractivity contribution is 7.91. The summed E-state index contributed by atoms with van der Waals surface area (Å²) in [6, 6.07) is 5.16. The van der Waals surface area contributed by atoms with Crippen molar-refractivity contribution in [2.45, 2.75) is 10.8 Å². The number of sulfonamides is 1. The van der Waals surface area contributed by atoms with Gasteiger partial charge in [-0.25, -0.2) is 8.42 Å². The number of aliphatic hydroxyl groups excluding tert-OH is 1. The molecule has 106 valence electrons. The van der Waals surface area contributed by atoms with Crippen molar-refractivity contribution < 1.29 is 13.5 Å². The molecule has 0 saturated heterocycles. The first-order valence-corrected chi connectivity index (χ1v) is 8.91. The minimum Gasteiger partial charge on any atom is -0.384 e. The molecule has 0 aromatic carbocycles.